The zero-order chi connectivity index (χ0) is 12.1. The van der Waals surface area contributed by atoms with E-state index in [-0.39, 0.29) is 5.91 Å². The second-order valence-electron chi connectivity index (χ2n) is 3.61. The molecule has 86 valence electrons. The van der Waals surface area contributed by atoms with Crippen molar-refractivity contribution in [2.45, 2.75) is 4.43 Å². The number of rotatable bonds is 3. The molecule has 2 aromatic carbocycles. The van der Waals surface area contributed by atoms with Crippen LogP contribution in [0.1, 0.15) is 15.9 Å². The first-order valence-corrected chi connectivity index (χ1v) is 6.84. The van der Waals surface area contributed by atoms with E-state index in [0.29, 0.717) is 0 Å². The average molecular weight is 337 g/mol. The minimum absolute atomic E-state index is 0.0523. The molecule has 0 saturated heterocycles. The SMILES string of the molecule is O=C(Nc1ccccc1)c1ccccc1CI. The van der Waals surface area contributed by atoms with Gasteiger partial charge in [-0.3, -0.25) is 4.79 Å². The smallest absolute Gasteiger partial charge is 0.255 e. The standard InChI is InChI=1S/C14H12INO/c15-10-11-6-4-5-9-13(11)14(17)16-12-7-2-1-3-8-12/h1-9H,10H2,(H,16,17). The van der Waals surface area contributed by atoms with E-state index >= 15 is 0 Å². The highest BCUT2D eigenvalue weighted by Gasteiger charge is 2.09. The van der Waals surface area contributed by atoms with Crippen LogP contribution in [0.15, 0.2) is 54.6 Å². The van der Waals surface area contributed by atoms with Crippen molar-refractivity contribution in [1.29, 1.82) is 0 Å². The number of carbonyl (C=O) groups excluding carboxylic acids is 1. The van der Waals surface area contributed by atoms with Gasteiger partial charge in [-0.1, -0.05) is 59.0 Å². The largest absolute Gasteiger partial charge is 0.322 e. The molecule has 1 amide bonds. The summed E-state index contributed by atoms with van der Waals surface area (Å²) in [6.07, 6.45) is 0. The van der Waals surface area contributed by atoms with Gasteiger partial charge < -0.3 is 5.32 Å². The van der Waals surface area contributed by atoms with Crippen molar-refractivity contribution in [3.05, 3.63) is 65.7 Å². The Morgan fingerprint density at radius 2 is 1.65 bits per heavy atom. The second-order valence-corrected chi connectivity index (χ2v) is 4.37. The van der Waals surface area contributed by atoms with Gasteiger partial charge in [-0.2, -0.15) is 0 Å². The Kier molecular flexibility index (Phi) is 4.14. The van der Waals surface area contributed by atoms with E-state index in [9.17, 15) is 4.79 Å². The van der Waals surface area contributed by atoms with Gasteiger partial charge in [0.2, 0.25) is 0 Å². The fourth-order valence-corrected chi connectivity index (χ4v) is 2.24. The summed E-state index contributed by atoms with van der Waals surface area (Å²) in [5.41, 5.74) is 2.62. The number of amides is 1. The van der Waals surface area contributed by atoms with Gasteiger partial charge >= 0.3 is 0 Å². The lowest BCUT2D eigenvalue weighted by atomic mass is 10.1. The number of carbonyl (C=O) groups is 1. The summed E-state index contributed by atoms with van der Waals surface area (Å²) in [6.45, 7) is 0. The number of halogens is 1. The molecule has 0 bridgehead atoms. The van der Waals surface area contributed by atoms with E-state index in [0.717, 1.165) is 21.2 Å². The molecule has 0 atom stereocenters. The molecule has 0 spiro atoms. The molecule has 1 N–H and O–H groups in total. The topological polar surface area (TPSA) is 29.1 Å². The Bertz CT molecular complexity index is 511. The molecule has 0 heterocycles. The summed E-state index contributed by atoms with van der Waals surface area (Å²) in [4.78, 5) is 12.1. The summed E-state index contributed by atoms with van der Waals surface area (Å²) >= 11 is 2.26. The quantitative estimate of drug-likeness (QED) is 0.669. The third kappa shape index (κ3) is 3.06. The van der Waals surface area contributed by atoms with Crippen LogP contribution in [0, 0.1) is 0 Å². The maximum Gasteiger partial charge on any atom is 0.255 e. The monoisotopic (exact) mass is 337 g/mol. The zero-order valence-electron chi connectivity index (χ0n) is 9.19. The lowest BCUT2D eigenvalue weighted by Gasteiger charge is -2.08. The first-order valence-electron chi connectivity index (χ1n) is 5.31. The number of benzene rings is 2. The van der Waals surface area contributed by atoms with Crippen molar-refractivity contribution in [1.82, 2.24) is 0 Å². The molecular weight excluding hydrogens is 325 g/mol. The molecule has 2 rings (SSSR count). The van der Waals surface area contributed by atoms with Crippen molar-refractivity contribution in [3.63, 3.8) is 0 Å². The van der Waals surface area contributed by atoms with Gasteiger partial charge in [-0.05, 0) is 23.8 Å². The van der Waals surface area contributed by atoms with Gasteiger partial charge in [-0.15, -0.1) is 0 Å². The van der Waals surface area contributed by atoms with Gasteiger partial charge in [-0.25, -0.2) is 0 Å². The van der Waals surface area contributed by atoms with E-state index in [1.807, 2.05) is 54.6 Å². The van der Waals surface area contributed by atoms with Crippen molar-refractivity contribution in [3.8, 4) is 0 Å². The van der Waals surface area contributed by atoms with Crippen LogP contribution in [0.4, 0.5) is 5.69 Å². The Balaban J connectivity index is 2.20. The summed E-state index contributed by atoms with van der Waals surface area (Å²) < 4.78 is 0.830. The van der Waals surface area contributed by atoms with Crippen LogP contribution in [-0.4, -0.2) is 5.91 Å². The number of hydrogen-bond acceptors (Lipinski definition) is 1. The van der Waals surface area contributed by atoms with Crippen molar-refractivity contribution < 1.29 is 4.79 Å². The normalized spacial score (nSPS) is 9.94. The molecule has 2 aromatic rings. The molecule has 17 heavy (non-hydrogen) atoms. The summed E-state index contributed by atoms with van der Waals surface area (Å²) in [5.74, 6) is -0.0523. The highest BCUT2D eigenvalue weighted by molar-refractivity contribution is 14.1. The molecule has 0 unspecified atom stereocenters. The van der Waals surface area contributed by atoms with E-state index in [1.54, 1.807) is 0 Å². The van der Waals surface area contributed by atoms with Gasteiger partial charge in [0.25, 0.3) is 5.91 Å². The number of alkyl halides is 1. The first kappa shape index (κ1) is 12.1. The zero-order valence-corrected chi connectivity index (χ0v) is 11.3. The second kappa shape index (κ2) is 5.82. The van der Waals surface area contributed by atoms with Crippen molar-refractivity contribution >= 4 is 34.2 Å². The van der Waals surface area contributed by atoms with Crippen LogP contribution in [0.5, 0.6) is 0 Å². The van der Waals surface area contributed by atoms with Crippen molar-refractivity contribution in [2.24, 2.45) is 0 Å². The van der Waals surface area contributed by atoms with Crippen molar-refractivity contribution in [2.75, 3.05) is 5.32 Å². The lowest BCUT2D eigenvalue weighted by molar-refractivity contribution is 0.102. The first-order chi connectivity index (χ1) is 8.31. The van der Waals surface area contributed by atoms with E-state index < -0.39 is 0 Å². The number of para-hydroxylation sites is 1. The summed E-state index contributed by atoms with van der Waals surface area (Å²) in [7, 11) is 0. The molecule has 0 fully saturated rings. The molecule has 0 saturated carbocycles. The number of anilines is 1. The van der Waals surface area contributed by atoms with Crippen LogP contribution < -0.4 is 5.32 Å². The van der Waals surface area contributed by atoms with Crippen LogP contribution in [0.25, 0.3) is 0 Å². The minimum Gasteiger partial charge on any atom is -0.322 e. The Morgan fingerprint density at radius 1 is 1.00 bits per heavy atom. The molecular formula is C14H12INO. The minimum atomic E-state index is -0.0523. The maximum absolute atomic E-state index is 12.1. The highest BCUT2D eigenvalue weighted by Crippen LogP contribution is 2.15. The van der Waals surface area contributed by atoms with E-state index in [4.69, 9.17) is 0 Å². The molecule has 0 aliphatic heterocycles. The Hall–Kier alpha value is -1.36. The number of hydrogen-bond donors (Lipinski definition) is 1. The molecule has 0 aliphatic rings. The molecule has 0 radical (unpaired) electrons. The number of nitrogens with one attached hydrogen (secondary N) is 1. The fraction of sp³-hybridized carbons (Fsp3) is 0.0714. The van der Waals surface area contributed by atoms with Crippen LogP contribution >= 0.6 is 22.6 Å². The van der Waals surface area contributed by atoms with Crippen LogP contribution in [0.3, 0.4) is 0 Å². The van der Waals surface area contributed by atoms with E-state index in [1.165, 1.54) is 0 Å². The van der Waals surface area contributed by atoms with Crippen LogP contribution in [0.2, 0.25) is 0 Å². The Labute approximate surface area is 114 Å². The van der Waals surface area contributed by atoms with Gasteiger partial charge in [0, 0.05) is 15.7 Å². The molecule has 3 heteroatoms. The third-order valence-electron chi connectivity index (χ3n) is 2.44. The lowest BCUT2D eigenvalue weighted by Crippen LogP contribution is -2.13. The third-order valence-corrected chi connectivity index (χ3v) is 3.26. The predicted octanol–water partition coefficient (Wildman–Crippen LogP) is 3.87. The average Bonchev–Trinajstić information content (AvgIpc) is 2.40. The summed E-state index contributed by atoms with van der Waals surface area (Å²) in [6, 6.07) is 17.2. The molecule has 0 aromatic heterocycles. The fourth-order valence-electron chi connectivity index (χ4n) is 1.58. The Morgan fingerprint density at radius 3 is 2.35 bits per heavy atom. The maximum atomic E-state index is 12.1. The summed E-state index contributed by atoms with van der Waals surface area (Å²) in [5, 5.41) is 2.89. The van der Waals surface area contributed by atoms with E-state index in [2.05, 4.69) is 27.9 Å². The molecule has 2 nitrogen and oxygen atoms in total. The van der Waals surface area contributed by atoms with Crippen LogP contribution in [-0.2, 0) is 4.43 Å². The van der Waals surface area contributed by atoms with Gasteiger partial charge in [0.1, 0.15) is 0 Å². The van der Waals surface area contributed by atoms with Gasteiger partial charge in [0.05, 0.1) is 0 Å². The van der Waals surface area contributed by atoms with Gasteiger partial charge in [0.15, 0.2) is 0 Å². The predicted molar refractivity (Wildman–Crippen MR) is 78.6 cm³/mol. The highest BCUT2D eigenvalue weighted by atomic mass is 127. The molecule has 0 aliphatic carbocycles.